The van der Waals surface area contributed by atoms with Gasteiger partial charge in [0.15, 0.2) is 0 Å². The van der Waals surface area contributed by atoms with Crippen LogP contribution in [0.4, 0.5) is 22.2 Å². The number of rotatable bonds is 8. The molecule has 4 heterocycles. The Bertz CT molecular complexity index is 1400. The van der Waals surface area contributed by atoms with Crippen molar-refractivity contribution in [1.29, 1.82) is 0 Å². The van der Waals surface area contributed by atoms with Gasteiger partial charge in [-0.25, -0.2) is 15.0 Å². The molecule has 4 N–H and O–H groups in total. The molecule has 0 radical (unpaired) electrons. The van der Waals surface area contributed by atoms with Crippen LogP contribution in [0.25, 0.3) is 17.3 Å². The van der Waals surface area contributed by atoms with Gasteiger partial charge in [-0.2, -0.15) is 0 Å². The van der Waals surface area contributed by atoms with Gasteiger partial charge in [0.25, 0.3) is 11.1 Å². The average molecular weight is 545 g/mol. The van der Waals surface area contributed by atoms with E-state index in [1.54, 1.807) is 18.3 Å². The van der Waals surface area contributed by atoms with Crippen LogP contribution in [-0.2, 0) is 11.3 Å². The maximum absolute atomic E-state index is 11.8. The number of nitrogens with two attached hydrogens (primary N) is 1. The first-order valence-electron chi connectivity index (χ1n) is 12.9. The minimum atomic E-state index is -0.387. The summed E-state index contributed by atoms with van der Waals surface area (Å²) < 4.78 is 0. The number of carbonyl (C=O) groups excluding carboxylic acids is 2. The van der Waals surface area contributed by atoms with E-state index in [1.807, 2.05) is 26.2 Å². The number of amides is 2. The molecule has 0 bridgehead atoms. The first-order chi connectivity index (χ1) is 18.9. The molecule has 11 heteroatoms. The predicted octanol–water partition coefficient (Wildman–Crippen LogP) is 3.52. The number of aromatic nitrogens is 3. The van der Waals surface area contributed by atoms with E-state index < -0.39 is 0 Å². The third-order valence-electron chi connectivity index (χ3n) is 6.87. The minimum absolute atomic E-state index is 0.347. The Morgan fingerprint density at radius 2 is 1.97 bits per heavy atom. The monoisotopic (exact) mass is 544 g/mol. The van der Waals surface area contributed by atoms with Crippen molar-refractivity contribution in [2.75, 3.05) is 49.3 Å². The van der Waals surface area contributed by atoms with Crippen molar-refractivity contribution in [3.63, 3.8) is 0 Å². The Kier molecular flexibility index (Phi) is 8.08. The number of anilines is 3. The highest BCUT2D eigenvalue weighted by Gasteiger charge is 2.26. The van der Waals surface area contributed by atoms with Crippen LogP contribution in [0.5, 0.6) is 0 Å². The molecule has 2 saturated heterocycles. The summed E-state index contributed by atoms with van der Waals surface area (Å²) in [5, 5.41) is 5.53. The highest BCUT2D eigenvalue weighted by molar-refractivity contribution is 8.18. The Morgan fingerprint density at radius 3 is 2.72 bits per heavy atom. The molecule has 2 aromatic heterocycles. The number of benzene rings is 1. The smallest absolute Gasteiger partial charge is 0.290 e. The Balaban J connectivity index is 1.16. The van der Waals surface area contributed by atoms with E-state index in [-0.39, 0.29) is 11.1 Å². The van der Waals surface area contributed by atoms with Crippen molar-refractivity contribution in [3.05, 3.63) is 64.8 Å². The molecule has 0 spiro atoms. The van der Waals surface area contributed by atoms with Crippen LogP contribution in [0.2, 0.25) is 0 Å². The van der Waals surface area contributed by atoms with Crippen molar-refractivity contribution < 1.29 is 9.59 Å². The number of hydrogen-bond donors (Lipinski definition) is 3. The van der Waals surface area contributed by atoms with Gasteiger partial charge in [0.05, 0.1) is 16.3 Å². The molecular formula is C28H32N8O2S. The number of nitrogens with one attached hydrogen (secondary N) is 2. The second kappa shape index (κ2) is 11.8. The van der Waals surface area contributed by atoms with Gasteiger partial charge in [-0.15, -0.1) is 0 Å². The molecule has 2 amide bonds. The van der Waals surface area contributed by atoms with E-state index in [4.69, 9.17) is 5.73 Å². The van der Waals surface area contributed by atoms with Crippen LogP contribution >= 0.6 is 11.8 Å². The van der Waals surface area contributed by atoms with Crippen LogP contribution < -0.4 is 26.2 Å². The highest BCUT2D eigenvalue weighted by atomic mass is 32.2. The highest BCUT2D eigenvalue weighted by Crippen LogP contribution is 2.28. The number of carbonyl (C=O) groups is 2. The van der Waals surface area contributed by atoms with E-state index >= 15 is 0 Å². The zero-order valence-corrected chi connectivity index (χ0v) is 22.9. The van der Waals surface area contributed by atoms with Crippen LogP contribution in [0.15, 0.2) is 53.6 Å². The van der Waals surface area contributed by atoms with Crippen molar-refractivity contribution in [1.82, 2.24) is 25.6 Å². The SMILES string of the molecule is CN(C)c1cccc(-c2nc(N)ccc2CNCC2CCN(c3nccc(C=C4SC(=O)NC4=O)n3)CC2)c1. The van der Waals surface area contributed by atoms with Gasteiger partial charge in [-0.3, -0.25) is 14.9 Å². The molecule has 0 unspecified atom stereocenters. The topological polar surface area (TPSA) is 129 Å². The van der Waals surface area contributed by atoms with Crippen molar-refractivity contribution in [3.8, 4) is 11.3 Å². The molecule has 2 fully saturated rings. The fraction of sp³-hybridized carbons (Fsp3) is 0.321. The maximum Gasteiger partial charge on any atom is 0.290 e. The van der Waals surface area contributed by atoms with E-state index in [0.29, 0.717) is 34.8 Å². The average Bonchev–Trinajstić information content (AvgIpc) is 3.26. The van der Waals surface area contributed by atoms with Gasteiger partial charge in [0.2, 0.25) is 5.95 Å². The summed E-state index contributed by atoms with van der Waals surface area (Å²) in [6, 6.07) is 14.0. The lowest BCUT2D eigenvalue weighted by Crippen LogP contribution is -2.38. The van der Waals surface area contributed by atoms with E-state index in [0.717, 1.165) is 66.7 Å². The quantitative estimate of drug-likeness (QED) is 0.362. The summed E-state index contributed by atoms with van der Waals surface area (Å²) in [5.74, 6) is 1.31. The van der Waals surface area contributed by atoms with Crippen LogP contribution in [0.3, 0.4) is 0 Å². The Hall–Kier alpha value is -3.96. The van der Waals surface area contributed by atoms with Gasteiger partial charge in [0, 0.05) is 51.2 Å². The molecule has 10 nitrogen and oxygen atoms in total. The molecule has 202 valence electrons. The summed E-state index contributed by atoms with van der Waals surface area (Å²) >= 11 is 0.886. The zero-order valence-electron chi connectivity index (χ0n) is 22.1. The third-order valence-corrected chi connectivity index (χ3v) is 7.68. The molecule has 5 rings (SSSR count). The summed E-state index contributed by atoms with van der Waals surface area (Å²) in [7, 11) is 4.05. The fourth-order valence-electron chi connectivity index (χ4n) is 4.73. The normalized spacial score (nSPS) is 17.1. The maximum atomic E-state index is 11.8. The molecular weight excluding hydrogens is 512 g/mol. The van der Waals surface area contributed by atoms with Gasteiger partial charge in [-0.05, 0) is 73.0 Å². The molecule has 2 aliphatic rings. The summed E-state index contributed by atoms with van der Waals surface area (Å²) in [4.78, 5) is 41.6. The first-order valence-corrected chi connectivity index (χ1v) is 13.7. The Labute approximate surface area is 232 Å². The number of thioether (sulfide) groups is 1. The number of piperidine rings is 1. The van der Waals surface area contributed by atoms with E-state index in [2.05, 4.69) is 59.7 Å². The van der Waals surface area contributed by atoms with Crippen LogP contribution in [0, 0.1) is 5.92 Å². The lowest BCUT2D eigenvalue weighted by atomic mass is 9.96. The van der Waals surface area contributed by atoms with Gasteiger partial charge >= 0.3 is 0 Å². The van der Waals surface area contributed by atoms with Crippen molar-refractivity contribution in [2.45, 2.75) is 19.4 Å². The molecule has 0 saturated carbocycles. The van der Waals surface area contributed by atoms with Gasteiger partial charge in [-0.1, -0.05) is 18.2 Å². The fourth-order valence-corrected chi connectivity index (χ4v) is 5.39. The predicted molar refractivity (Wildman–Crippen MR) is 156 cm³/mol. The summed E-state index contributed by atoms with van der Waals surface area (Å²) in [6.07, 6.45) is 5.36. The van der Waals surface area contributed by atoms with Crippen molar-refractivity contribution >= 4 is 46.4 Å². The molecule has 39 heavy (non-hydrogen) atoms. The lowest BCUT2D eigenvalue weighted by molar-refractivity contribution is -0.115. The van der Waals surface area contributed by atoms with Crippen LogP contribution in [-0.4, -0.2) is 59.8 Å². The Morgan fingerprint density at radius 1 is 1.15 bits per heavy atom. The van der Waals surface area contributed by atoms with Crippen molar-refractivity contribution in [2.24, 2.45) is 5.92 Å². The zero-order chi connectivity index (χ0) is 27.4. The second-order valence-corrected chi connectivity index (χ2v) is 10.9. The molecule has 0 aliphatic carbocycles. The number of hydrogen-bond acceptors (Lipinski definition) is 10. The van der Waals surface area contributed by atoms with E-state index in [1.165, 1.54) is 0 Å². The van der Waals surface area contributed by atoms with E-state index in [9.17, 15) is 9.59 Å². The number of imide groups is 1. The first kappa shape index (κ1) is 26.6. The molecule has 2 aliphatic heterocycles. The third kappa shape index (κ3) is 6.55. The summed E-state index contributed by atoms with van der Waals surface area (Å²) in [5.41, 5.74) is 10.8. The lowest BCUT2D eigenvalue weighted by Gasteiger charge is -2.32. The minimum Gasteiger partial charge on any atom is -0.384 e. The standard InChI is InChI=1S/C28H32N8O2S/c1-35(2)22-5-3-4-19(14-22)25-20(6-7-24(29)33-25)17-30-16-18-9-12-36(13-10-18)27-31-11-8-21(32-27)15-23-26(37)34-28(38)39-23/h3-8,11,14-15,18,30H,9-10,12-13,16-17H2,1-2H3,(H2,29,33)(H,34,37,38). The number of nitrogens with zero attached hydrogens (tertiary/aromatic N) is 5. The molecule has 3 aromatic rings. The van der Waals surface area contributed by atoms with Gasteiger partial charge in [0.1, 0.15) is 5.82 Å². The largest absolute Gasteiger partial charge is 0.384 e. The number of nitrogen functional groups attached to an aromatic ring is 1. The summed E-state index contributed by atoms with van der Waals surface area (Å²) in [6.45, 7) is 3.32. The second-order valence-electron chi connectivity index (χ2n) is 9.88. The molecule has 1 aromatic carbocycles. The van der Waals surface area contributed by atoms with Crippen LogP contribution in [0.1, 0.15) is 24.1 Å². The molecule has 0 atom stereocenters. The number of pyridine rings is 1. The van der Waals surface area contributed by atoms with Gasteiger partial charge < -0.3 is 20.9 Å².